The summed E-state index contributed by atoms with van der Waals surface area (Å²) in [5.41, 5.74) is 6.30. The highest BCUT2D eigenvalue weighted by molar-refractivity contribution is 6.21. The maximum absolute atomic E-state index is 10.5. The minimum absolute atomic E-state index is 0.122. The van der Waals surface area contributed by atoms with Gasteiger partial charge in [-0.25, -0.2) is 4.79 Å². The van der Waals surface area contributed by atoms with Gasteiger partial charge in [0.15, 0.2) is 0 Å². The van der Waals surface area contributed by atoms with E-state index in [1.165, 1.54) is 0 Å². The Morgan fingerprint density at radius 1 is 1.38 bits per heavy atom. The van der Waals surface area contributed by atoms with Crippen LogP contribution in [0, 0.1) is 0 Å². The molecule has 0 unspecified atom stereocenters. The van der Waals surface area contributed by atoms with E-state index in [1.54, 1.807) is 24.3 Å². The first-order chi connectivity index (χ1) is 6.26. The Morgan fingerprint density at radius 2 is 2.00 bits per heavy atom. The average Bonchev–Trinajstić information content (AvgIpc) is 2.19. The predicted octanol–water partition coefficient (Wildman–Crippen LogP) is 0.250. The Bertz CT molecular complexity index is 305. The van der Waals surface area contributed by atoms with E-state index in [1.807, 2.05) is 0 Å². The van der Waals surface area contributed by atoms with Gasteiger partial charge in [-0.1, -0.05) is 12.1 Å². The molecule has 1 aromatic rings. The van der Waals surface area contributed by atoms with Crippen LogP contribution in [-0.2, 0) is 16.1 Å². The Hall–Kier alpha value is -1.68. The van der Waals surface area contributed by atoms with Crippen molar-refractivity contribution in [1.29, 1.82) is 0 Å². The number of rotatable bonds is 3. The van der Waals surface area contributed by atoms with Gasteiger partial charge in [-0.3, -0.25) is 4.79 Å². The maximum atomic E-state index is 10.5. The molecule has 2 N–H and O–H groups in total. The first-order valence-corrected chi connectivity index (χ1v) is 3.72. The van der Waals surface area contributed by atoms with Gasteiger partial charge in [0.05, 0.1) is 0 Å². The quantitative estimate of drug-likeness (QED) is 0.312. The van der Waals surface area contributed by atoms with Crippen molar-refractivity contribution in [2.45, 2.75) is 6.54 Å². The van der Waals surface area contributed by atoms with E-state index in [-0.39, 0.29) is 6.29 Å². The fraction of sp³-hybridized carbons (Fsp3) is 0.111. The van der Waals surface area contributed by atoms with E-state index >= 15 is 0 Å². The second-order valence-electron chi connectivity index (χ2n) is 2.39. The molecule has 4 heteroatoms. The third kappa shape index (κ3) is 2.68. The summed E-state index contributed by atoms with van der Waals surface area (Å²) in [5.74, 6) is -0.560. The molecule has 0 saturated heterocycles. The largest absolute Gasteiger partial charge is 0.421 e. The van der Waals surface area contributed by atoms with Gasteiger partial charge in [0.25, 0.3) is 0 Å². The number of aldehydes is 1. The topological polar surface area (TPSA) is 69.4 Å². The first-order valence-electron chi connectivity index (χ1n) is 3.72. The Labute approximate surface area is 75.3 Å². The normalized spacial score (nSPS) is 9.31. The molecule has 0 saturated carbocycles. The molecule has 1 rings (SSSR count). The number of esters is 1. The number of hydrogen-bond acceptors (Lipinski definition) is 4. The summed E-state index contributed by atoms with van der Waals surface area (Å²) in [6.07, 6.45) is 0.122. The van der Waals surface area contributed by atoms with Crippen LogP contribution in [-0.4, -0.2) is 12.3 Å². The third-order valence-electron chi connectivity index (χ3n) is 1.47. The molecule has 0 aliphatic rings. The van der Waals surface area contributed by atoms with Crippen molar-refractivity contribution in [3.8, 4) is 5.75 Å². The SMILES string of the molecule is NCc1ccc(OC(=O)C=O)cc1. The van der Waals surface area contributed by atoms with Gasteiger partial charge in [-0.05, 0) is 17.7 Å². The van der Waals surface area contributed by atoms with E-state index in [0.29, 0.717) is 12.3 Å². The Balaban J connectivity index is 2.69. The lowest BCUT2D eigenvalue weighted by Gasteiger charge is -2.00. The third-order valence-corrected chi connectivity index (χ3v) is 1.47. The summed E-state index contributed by atoms with van der Waals surface area (Å²) in [5, 5.41) is 0. The zero-order valence-corrected chi connectivity index (χ0v) is 6.90. The molecule has 4 nitrogen and oxygen atoms in total. The van der Waals surface area contributed by atoms with Crippen molar-refractivity contribution < 1.29 is 14.3 Å². The molecule has 0 bridgehead atoms. The number of nitrogens with two attached hydrogens (primary N) is 1. The molecule has 13 heavy (non-hydrogen) atoms. The predicted molar refractivity (Wildman–Crippen MR) is 46.0 cm³/mol. The number of ether oxygens (including phenoxy) is 1. The van der Waals surface area contributed by atoms with Crippen molar-refractivity contribution in [2.75, 3.05) is 0 Å². The molecule has 0 spiro atoms. The van der Waals surface area contributed by atoms with E-state index in [2.05, 4.69) is 4.74 Å². The molecule has 0 aliphatic carbocycles. The number of hydrogen-bond donors (Lipinski definition) is 1. The number of benzene rings is 1. The van der Waals surface area contributed by atoms with Crippen molar-refractivity contribution in [2.24, 2.45) is 5.73 Å². The highest BCUT2D eigenvalue weighted by Crippen LogP contribution is 2.11. The molecule has 0 fully saturated rings. The average molecular weight is 179 g/mol. The molecule has 1 aromatic carbocycles. The molecule has 0 radical (unpaired) electrons. The van der Waals surface area contributed by atoms with Gasteiger partial charge < -0.3 is 10.5 Å². The van der Waals surface area contributed by atoms with Crippen molar-refractivity contribution in [3.63, 3.8) is 0 Å². The maximum Gasteiger partial charge on any atom is 0.376 e. The summed E-state index contributed by atoms with van der Waals surface area (Å²) < 4.78 is 4.62. The molecular weight excluding hydrogens is 170 g/mol. The lowest BCUT2D eigenvalue weighted by Crippen LogP contribution is -2.08. The molecule has 0 aliphatic heterocycles. The molecule has 0 amide bonds. The standard InChI is InChI=1S/C9H9NO3/c10-5-7-1-3-8(4-2-7)13-9(12)6-11/h1-4,6H,5,10H2. The highest BCUT2D eigenvalue weighted by atomic mass is 16.5. The van der Waals surface area contributed by atoms with E-state index in [9.17, 15) is 9.59 Å². The number of carbonyl (C=O) groups excluding carboxylic acids is 2. The van der Waals surface area contributed by atoms with Crippen LogP contribution in [0.1, 0.15) is 5.56 Å². The van der Waals surface area contributed by atoms with Crippen LogP contribution in [0.2, 0.25) is 0 Å². The minimum atomic E-state index is -0.902. The van der Waals surface area contributed by atoms with Crippen molar-refractivity contribution in [3.05, 3.63) is 29.8 Å². The fourth-order valence-corrected chi connectivity index (χ4v) is 0.834. The van der Waals surface area contributed by atoms with Crippen molar-refractivity contribution >= 4 is 12.3 Å². The van der Waals surface area contributed by atoms with Gasteiger partial charge in [0.2, 0.25) is 6.29 Å². The molecule has 0 atom stereocenters. The molecule has 0 aromatic heterocycles. The Kier molecular flexibility index (Phi) is 3.16. The van der Waals surface area contributed by atoms with Gasteiger partial charge >= 0.3 is 5.97 Å². The van der Waals surface area contributed by atoms with Gasteiger partial charge in [-0.2, -0.15) is 0 Å². The lowest BCUT2D eigenvalue weighted by atomic mass is 10.2. The monoisotopic (exact) mass is 179 g/mol. The second kappa shape index (κ2) is 4.37. The zero-order valence-electron chi connectivity index (χ0n) is 6.90. The van der Waals surface area contributed by atoms with E-state index in [0.717, 1.165) is 5.56 Å². The van der Waals surface area contributed by atoms with Crippen LogP contribution in [0.4, 0.5) is 0 Å². The first kappa shape index (κ1) is 9.41. The second-order valence-corrected chi connectivity index (χ2v) is 2.39. The molecule has 0 heterocycles. The zero-order chi connectivity index (χ0) is 9.68. The lowest BCUT2D eigenvalue weighted by molar-refractivity contribution is -0.141. The Morgan fingerprint density at radius 3 is 2.46 bits per heavy atom. The van der Waals surface area contributed by atoms with Crippen LogP contribution in [0.5, 0.6) is 5.75 Å². The van der Waals surface area contributed by atoms with Crippen LogP contribution in [0.25, 0.3) is 0 Å². The highest BCUT2D eigenvalue weighted by Gasteiger charge is 2.00. The minimum Gasteiger partial charge on any atom is -0.421 e. The summed E-state index contributed by atoms with van der Waals surface area (Å²) >= 11 is 0. The van der Waals surface area contributed by atoms with Gasteiger partial charge in [0.1, 0.15) is 5.75 Å². The van der Waals surface area contributed by atoms with Crippen LogP contribution >= 0.6 is 0 Å². The van der Waals surface area contributed by atoms with Crippen LogP contribution < -0.4 is 10.5 Å². The summed E-state index contributed by atoms with van der Waals surface area (Å²) in [4.78, 5) is 20.5. The summed E-state index contributed by atoms with van der Waals surface area (Å²) in [6.45, 7) is 0.432. The van der Waals surface area contributed by atoms with Crippen molar-refractivity contribution in [1.82, 2.24) is 0 Å². The van der Waals surface area contributed by atoms with E-state index < -0.39 is 5.97 Å². The molecular formula is C9H9NO3. The van der Waals surface area contributed by atoms with Crippen LogP contribution in [0.15, 0.2) is 24.3 Å². The van der Waals surface area contributed by atoms with Crippen LogP contribution in [0.3, 0.4) is 0 Å². The summed E-state index contributed by atoms with van der Waals surface area (Å²) in [7, 11) is 0. The number of carbonyl (C=O) groups is 2. The van der Waals surface area contributed by atoms with Gasteiger partial charge in [0, 0.05) is 6.54 Å². The fourth-order valence-electron chi connectivity index (χ4n) is 0.834. The smallest absolute Gasteiger partial charge is 0.376 e. The van der Waals surface area contributed by atoms with Gasteiger partial charge in [-0.15, -0.1) is 0 Å². The van der Waals surface area contributed by atoms with E-state index in [4.69, 9.17) is 5.73 Å². The summed E-state index contributed by atoms with van der Waals surface area (Å²) in [6, 6.07) is 6.63. The molecule has 68 valence electrons.